The van der Waals surface area contributed by atoms with E-state index >= 15 is 0 Å². The number of nitro benzene ring substituents is 1. The van der Waals surface area contributed by atoms with E-state index in [1.54, 1.807) is 18.3 Å². The summed E-state index contributed by atoms with van der Waals surface area (Å²) in [5.41, 5.74) is -0.0447. The number of carbonyl (C=O) groups excluding carboxylic acids is 1. The highest BCUT2D eigenvalue weighted by Crippen LogP contribution is 2.26. The van der Waals surface area contributed by atoms with Crippen molar-refractivity contribution in [2.45, 2.75) is 6.10 Å². The molecule has 23 heavy (non-hydrogen) atoms. The smallest absolute Gasteiger partial charge is 0.270 e. The van der Waals surface area contributed by atoms with Crippen LogP contribution in [0.4, 0.5) is 5.69 Å². The van der Waals surface area contributed by atoms with Gasteiger partial charge in [0.2, 0.25) is 5.88 Å². The quantitative estimate of drug-likeness (QED) is 0.634. The molecule has 1 aliphatic heterocycles. The molecule has 1 aromatic carbocycles. The van der Waals surface area contributed by atoms with E-state index < -0.39 is 4.92 Å². The third kappa shape index (κ3) is 3.24. The number of rotatable bonds is 4. The van der Waals surface area contributed by atoms with Crippen LogP contribution < -0.4 is 4.74 Å². The number of halogens is 1. The molecule has 2 heterocycles. The van der Waals surface area contributed by atoms with Crippen LogP contribution in [-0.4, -0.2) is 39.9 Å². The highest BCUT2D eigenvalue weighted by atomic mass is 35.5. The topological polar surface area (TPSA) is 85.6 Å². The lowest BCUT2D eigenvalue weighted by molar-refractivity contribution is -0.384. The van der Waals surface area contributed by atoms with Gasteiger partial charge in [0, 0.05) is 24.4 Å². The summed E-state index contributed by atoms with van der Waals surface area (Å²) in [7, 11) is 0. The number of hydrogen-bond acceptors (Lipinski definition) is 5. The van der Waals surface area contributed by atoms with E-state index in [-0.39, 0.29) is 28.3 Å². The Morgan fingerprint density at radius 3 is 2.78 bits per heavy atom. The van der Waals surface area contributed by atoms with Gasteiger partial charge in [-0.2, -0.15) is 0 Å². The number of nitrogens with zero attached hydrogens (tertiary/aromatic N) is 3. The molecule has 0 aliphatic carbocycles. The van der Waals surface area contributed by atoms with Crippen LogP contribution in [0.5, 0.6) is 5.88 Å². The van der Waals surface area contributed by atoms with E-state index in [0.717, 1.165) is 0 Å². The zero-order chi connectivity index (χ0) is 16.4. The van der Waals surface area contributed by atoms with Gasteiger partial charge in [-0.05, 0) is 12.1 Å². The summed E-state index contributed by atoms with van der Waals surface area (Å²) in [6.07, 6.45) is 1.48. The van der Waals surface area contributed by atoms with Gasteiger partial charge >= 0.3 is 0 Å². The van der Waals surface area contributed by atoms with Crippen molar-refractivity contribution in [2.24, 2.45) is 0 Å². The molecular weight excluding hydrogens is 322 g/mol. The molecule has 1 fully saturated rings. The summed E-state index contributed by atoms with van der Waals surface area (Å²) < 4.78 is 5.61. The van der Waals surface area contributed by atoms with E-state index in [4.69, 9.17) is 16.3 Å². The van der Waals surface area contributed by atoms with E-state index in [1.807, 2.05) is 6.07 Å². The molecule has 1 amide bonds. The monoisotopic (exact) mass is 333 g/mol. The van der Waals surface area contributed by atoms with Gasteiger partial charge in [-0.3, -0.25) is 14.9 Å². The third-order valence-corrected chi connectivity index (χ3v) is 3.78. The number of nitro groups is 1. The number of likely N-dealkylation sites (tertiary alicyclic amines) is 1. The summed E-state index contributed by atoms with van der Waals surface area (Å²) in [6, 6.07) is 9.15. The lowest BCUT2D eigenvalue weighted by Gasteiger charge is -2.38. The van der Waals surface area contributed by atoms with Crippen LogP contribution in [0.1, 0.15) is 10.4 Å². The highest BCUT2D eigenvalue weighted by Gasteiger charge is 2.34. The number of carbonyl (C=O) groups is 1. The third-order valence-electron chi connectivity index (χ3n) is 3.45. The van der Waals surface area contributed by atoms with E-state index in [0.29, 0.717) is 19.0 Å². The minimum absolute atomic E-state index is 0.122. The Morgan fingerprint density at radius 2 is 2.13 bits per heavy atom. The van der Waals surface area contributed by atoms with Crippen molar-refractivity contribution >= 4 is 23.2 Å². The first-order chi connectivity index (χ1) is 11.0. The minimum atomic E-state index is -0.559. The van der Waals surface area contributed by atoms with Gasteiger partial charge < -0.3 is 9.64 Å². The zero-order valence-electron chi connectivity index (χ0n) is 11.9. The predicted molar refractivity (Wildman–Crippen MR) is 82.7 cm³/mol. The average molecular weight is 334 g/mol. The molecule has 8 heteroatoms. The second-order valence-electron chi connectivity index (χ2n) is 5.04. The predicted octanol–water partition coefficient (Wildman–Crippen LogP) is 2.55. The highest BCUT2D eigenvalue weighted by molar-refractivity contribution is 6.34. The van der Waals surface area contributed by atoms with Crippen LogP contribution in [0.2, 0.25) is 5.02 Å². The van der Waals surface area contributed by atoms with Crippen LogP contribution in [0.25, 0.3) is 0 Å². The van der Waals surface area contributed by atoms with Crippen molar-refractivity contribution in [2.75, 3.05) is 13.1 Å². The Bertz CT molecular complexity index is 748. The zero-order valence-corrected chi connectivity index (χ0v) is 12.6. The second-order valence-corrected chi connectivity index (χ2v) is 5.45. The summed E-state index contributed by atoms with van der Waals surface area (Å²) in [5, 5.41) is 11.0. The fraction of sp³-hybridized carbons (Fsp3) is 0.200. The molecule has 118 valence electrons. The van der Waals surface area contributed by atoms with Gasteiger partial charge in [0.05, 0.1) is 28.6 Å². The molecular formula is C15H12ClN3O4. The van der Waals surface area contributed by atoms with Crippen molar-refractivity contribution in [3.63, 3.8) is 0 Å². The van der Waals surface area contributed by atoms with Gasteiger partial charge in [-0.25, -0.2) is 4.98 Å². The number of ether oxygens (including phenoxy) is 1. The minimum Gasteiger partial charge on any atom is -0.471 e. The second kappa shape index (κ2) is 6.21. The first-order valence-corrected chi connectivity index (χ1v) is 7.23. The molecule has 0 bridgehead atoms. The lowest BCUT2D eigenvalue weighted by atomic mass is 10.1. The lowest BCUT2D eigenvalue weighted by Crippen LogP contribution is -2.56. The van der Waals surface area contributed by atoms with Crippen LogP contribution >= 0.6 is 11.6 Å². The van der Waals surface area contributed by atoms with Gasteiger partial charge in [0.25, 0.3) is 11.6 Å². The van der Waals surface area contributed by atoms with Gasteiger partial charge in [0.15, 0.2) is 0 Å². The van der Waals surface area contributed by atoms with Crippen LogP contribution in [0.3, 0.4) is 0 Å². The van der Waals surface area contributed by atoms with Gasteiger partial charge in [-0.1, -0.05) is 17.7 Å². The van der Waals surface area contributed by atoms with Crippen molar-refractivity contribution in [3.8, 4) is 5.88 Å². The Kier molecular flexibility index (Phi) is 4.12. The Labute approximate surface area is 136 Å². The van der Waals surface area contributed by atoms with Crippen molar-refractivity contribution in [1.82, 2.24) is 9.88 Å². The van der Waals surface area contributed by atoms with E-state index in [9.17, 15) is 14.9 Å². The maximum atomic E-state index is 12.4. The average Bonchev–Trinajstić information content (AvgIpc) is 2.51. The Balaban J connectivity index is 1.65. The first-order valence-electron chi connectivity index (χ1n) is 6.85. The van der Waals surface area contributed by atoms with E-state index in [1.165, 1.54) is 23.1 Å². The number of non-ortho nitro benzene ring substituents is 1. The molecule has 2 aromatic rings. The number of hydrogen-bond donors (Lipinski definition) is 0. The van der Waals surface area contributed by atoms with Crippen molar-refractivity contribution < 1.29 is 14.5 Å². The molecule has 0 spiro atoms. The van der Waals surface area contributed by atoms with Gasteiger partial charge in [0.1, 0.15) is 6.10 Å². The number of aromatic nitrogens is 1. The SMILES string of the molecule is O=C(c1cc([N+](=O)[O-])ccc1Cl)N1CC(Oc2ccccn2)C1. The summed E-state index contributed by atoms with van der Waals surface area (Å²) in [4.78, 5) is 28.2. The fourth-order valence-electron chi connectivity index (χ4n) is 2.23. The maximum absolute atomic E-state index is 12.4. The fourth-order valence-corrected chi connectivity index (χ4v) is 2.43. The molecule has 7 nitrogen and oxygen atoms in total. The number of pyridine rings is 1. The molecule has 0 atom stereocenters. The molecule has 0 saturated carbocycles. The van der Waals surface area contributed by atoms with Crippen molar-refractivity contribution in [1.29, 1.82) is 0 Å². The Morgan fingerprint density at radius 1 is 1.35 bits per heavy atom. The maximum Gasteiger partial charge on any atom is 0.270 e. The number of benzene rings is 1. The van der Waals surface area contributed by atoms with Crippen molar-refractivity contribution in [3.05, 3.63) is 63.3 Å². The molecule has 0 radical (unpaired) electrons. The van der Waals surface area contributed by atoms with Crippen LogP contribution in [0, 0.1) is 10.1 Å². The summed E-state index contributed by atoms with van der Waals surface area (Å²) in [5.74, 6) is 0.151. The normalized spacial score (nSPS) is 14.2. The largest absolute Gasteiger partial charge is 0.471 e. The molecule has 0 unspecified atom stereocenters. The summed E-state index contributed by atoms with van der Waals surface area (Å²) in [6.45, 7) is 0.767. The van der Waals surface area contributed by atoms with Crippen LogP contribution in [0.15, 0.2) is 42.6 Å². The van der Waals surface area contributed by atoms with Crippen LogP contribution in [-0.2, 0) is 0 Å². The summed E-state index contributed by atoms with van der Waals surface area (Å²) >= 11 is 5.98. The molecule has 0 N–H and O–H groups in total. The first kappa shape index (κ1) is 15.2. The Hall–Kier alpha value is -2.67. The molecule has 1 aromatic heterocycles. The molecule has 1 saturated heterocycles. The van der Waals surface area contributed by atoms with E-state index in [2.05, 4.69) is 4.98 Å². The molecule has 3 rings (SSSR count). The molecule has 1 aliphatic rings. The standard InChI is InChI=1S/C15H12ClN3O4/c16-13-5-4-10(19(21)22)7-12(13)15(20)18-8-11(9-18)23-14-3-1-2-6-17-14/h1-7,11H,8-9H2. The number of amides is 1. The van der Waals surface area contributed by atoms with Gasteiger partial charge in [-0.15, -0.1) is 0 Å².